The maximum atomic E-state index is 11.7. The molecule has 0 unspecified atom stereocenters. The van der Waals surface area contributed by atoms with Crippen molar-refractivity contribution in [3.8, 4) is 11.3 Å². The molecule has 0 amide bonds. The molecule has 0 atom stereocenters. The highest BCUT2D eigenvalue weighted by Gasteiger charge is 2.20. The van der Waals surface area contributed by atoms with Gasteiger partial charge in [0.25, 0.3) is 0 Å². The molecule has 1 aromatic carbocycles. The Kier molecular flexibility index (Phi) is 5.42. The Hall–Kier alpha value is -1.88. The number of hydrogen-bond donors (Lipinski definition) is 0. The topological polar surface area (TPSA) is 52.0 Å². The minimum absolute atomic E-state index is 0.353. The monoisotopic (exact) mass is 358 g/mol. The Morgan fingerprint density at radius 2 is 1.84 bits per heavy atom. The minimum atomic E-state index is -3.17. The molecule has 5 heteroatoms. The van der Waals surface area contributed by atoms with Gasteiger partial charge >= 0.3 is 0 Å². The summed E-state index contributed by atoms with van der Waals surface area (Å²) in [6.45, 7) is 2.11. The molecule has 3 rings (SSSR count). The van der Waals surface area contributed by atoms with Crippen LogP contribution >= 0.6 is 0 Å². The first-order valence-corrected chi connectivity index (χ1v) is 10.9. The van der Waals surface area contributed by atoms with Gasteiger partial charge < -0.3 is 0 Å². The average molecular weight is 359 g/mol. The number of hydrogen-bond acceptors (Lipinski definition) is 3. The highest BCUT2D eigenvalue weighted by molar-refractivity contribution is 7.90. The lowest BCUT2D eigenvalue weighted by Gasteiger charge is -2.24. The third-order valence-corrected chi connectivity index (χ3v) is 5.91. The van der Waals surface area contributed by atoms with Crippen LogP contribution in [0, 0.1) is 0 Å². The Labute approximate surface area is 150 Å². The molecule has 0 bridgehead atoms. The molecule has 0 spiro atoms. The smallest absolute Gasteiger partial charge is 0.175 e. The largest absolute Gasteiger partial charge is 0.261 e. The van der Waals surface area contributed by atoms with E-state index in [0.717, 1.165) is 36.2 Å². The van der Waals surface area contributed by atoms with Gasteiger partial charge in [-0.1, -0.05) is 44.4 Å². The average Bonchev–Trinajstić information content (AvgIpc) is 3.04. The molecule has 25 heavy (non-hydrogen) atoms. The predicted octanol–water partition coefficient (Wildman–Crippen LogP) is 4.88. The summed E-state index contributed by atoms with van der Waals surface area (Å²) in [7, 11) is -3.17. The van der Waals surface area contributed by atoms with Crippen molar-refractivity contribution in [2.45, 2.75) is 56.4 Å². The van der Waals surface area contributed by atoms with E-state index in [9.17, 15) is 8.42 Å². The van der Waals surface area contributed by atoms with Gasteiger partial charge in [-0.15, -0.1) is 0 Å². The van der Waals surface area contributed by atoms with Crippen molar-refractivity contribution in [1.29, 1.82) is 0 Å². The Balaban J connectivity index is 2.00. The fourth-order valence-corrected chi connectivity index (χ4v) is 4.06. The second kappa shape index (κ2) is 7.56. The van der Waals surface area contributed by atoms with Gasteiger partial charge in [-0.2, -0.15) is 5.10 Å². The van der Waals surface area contributed by atoms with E-state index in [-0.39, 0.29) is 0 Å². The van der Waals surface area contributed by atoms with E-state index in [0.29, 0.717) is 10.9 Å². The molecule has 4 nitrogen and oxygen atoms in total. The summed E-state index contributed by atoms with van der Waals surface area (Å²) >= 11 is 0. The second-order valence-electron chi connectivity index (χ2n) is 6.80. The van der Waals surface area contributed by atoms with E-state index >= 15 is 0 Å². The van der Waals surface area contributed by atoms with Gasteiger partial charge in [-0.05, 0) is 49.1 Å². The van der Waals surface area contributed by atoms with Crippen molar-refractivity contribution < 1.29 is 8.42 Å². The molecule has 1 aliphatic rings. The van der Waals surface area contributed by atoms with Crippen LogP contribution in [-0.2, 0) is 9.84 Å². The molecular formula is C20H26N2O2S. The van der Waals surface area contributed by atoms with Crippen LogP contribution in [-0.4, -0.2) is 24.5 Å². The van der Waals surface area contributed by atoms with Crippen LogP contribution in [0.2, 0.25) is 0 Å². The standard InChI is InChI=1S/C20H26N2O2S/c1-3-4-8-17-15-20(22(21-17)18-9-6-5-7-10-18)16-11-13-19(14-12-16)25(2,23)24/h4,8,11-15,18H,3,5-7,9-10H2,1-2H3/b8-4-. The number of aromatic nitrogens is 2. The molecule has 0 aliphatic heterocycles. The lowest BCUT2D eigenvalue weighted by Crippen LogP contribution is -2.15. The lowest BCUT2D eigenvalue weighted by atomic mass is 9.95. The number of nitrogens with zero attached hydrogens (tertiary/aromatic N) is 2. The zero-order valence-electron chi connectivity index (χ0n) is 15.0. The van der Waals surface area contributed by atoms with Gasteiger partial charge in [0.05, 0.1) is 22.3 Å². The van der Waals surface area contributed by atoms with E-state index in [1.807, 2.05) is 12.1 Å². The third kappa shape index (κ3) is 4.21. The number of sulfone groups is 1. The normalized spacial score (nSPS) is 16.6. The first kappa shape index (κ1) is 17.9. The summed E-state index contributed by atoms with van der Waals surface area (Å²) in [5.74, 6) is 0. The summed E-state index contributed by atoms with van der Waals surface area (Å²) in [4.78, 5) is 0.353. The molecule has 0 saturated heterocycles. The van der Waals surface area contributed by atoms with E-state index in [1.165, 1.54) is 25.5 Å². The van der Waals surface area contributed by atoms with Crippen molar-refractivity contribution in [1.82, 2.24) is 9.78 Å². The summed E-state index contributed by atoms with van der Waals surface area (Å²) in [6.07, 6.45) is 12.5. The minimum Gasteiger partial charge on any atom is -0.261 e. The fraction of sp³-hybridized carbons (Fsp3) is 0.450. The number of allylic oxidation sites excluding steroid dienone is 1. The van der Waals surface area contributed by atoms with E-state index in [4.69, 9.17) is 5.10 Å². The van der Waals surface area contributed by atoms with Crippen molar-refractivity contribution in [3.05, 3.63) is 42.1 Å². The summed E-state index contributed by atoms with van der Waals surface area (Å²) in [6, 6.07) is 9.69. The van der Waals surface area contributed by atoms with Gasteiger partial charge in [0.15, 0.2) is 9.84 Å². The second-order valence-corrected chi connectivity index (χ2v) is 8.81. The molecule has 1 aliphatic carbocycles. The van der Waals surface area contributed by atoms with Gasteiger partial charge in [0, 0.05) is 6.26 Å². The van der Waals surface area contributed by atoms with E-state index in [1.54, 1.807) is 12.1 Å². The van der Waals surface area contributed by atoms with Crippen LogP contribution < -0.4 is 0 Å². The SMILES string of the molecule is CC/C=C\c1cc(-c2ccc(S(C)(=O)=O)cc2)n(C2CCCCC2)n1. The number of rotatable bonds is 5. The van der Waals surface area contributed by atoms with Crippen molar-refractivity contribution in [2.24, 2.45) is 0 Å². The molecule has 0 N–H and O–H groups in total. The first-order chi connectivity index (χ1) is 12.0. The molecular weight excluding hydrogens is 332 g/mol. The summed E-state index contributed by atoms with van der Waals surface area (Å²) in [5.41, 5.74) is 3.05. The van der Waals surface area contributed by atoms with Gasteiger partial charge in [0.1, 0.15) is 0 Å². The van der Waals surface area contributed by atoms with Crippen LogP contribution in [0.3, 0.4) is 0 Å². The quantitative estimate of drug-likeness (QED) is 0.765. The third-order valence-electron chi connectivity index (χ3n) is 4.78. The maximum Gasteiger partial charge on any atom is 0.175 e. The highest BCUT2D eigenvalue weighted by atomic mass is 32.2. The molecule has 1 fully saturated rings. The van der Waals surface area contributed by atoms with Crippen LogP contribution in [0.5, 0.6) is 0 Å². The molecule has 1 saturated carbocycles. The van der Waals surface area contributed by atoms with Gasteiger partial charge in [-0.25, -0.2) is 8.42 Å². The molecule has 134 valence electrons. The summed E-state index contributed by atoms with van der Waals surface area (Å²) in [5, 5.41) is 4.83. The Bertz CT molecular complexity index is 842. The lowest BCUT2D eigenvalue weighted by molar-refractivity contribution is 0.332. The molecule has 1 aromatic heterocycles. The van der Waals surface area contributed by atoms with Crippen LogP contribution in [0.15, 0.2) is 41.3 Å². The van der Waals surface area contributed by atoms with Crippen LogP contribution in [0.1, 0.15) is 57.2 Å². The van der Waals surface area contributed by atoms with E-state index in [2.05, 4.69) is 29.8 Å². The fourth-order valence-electron chi connectivity index (χ4n) is 3.43. The van der Waals surface area contributed by atoms with Crippen molar-refractivity contribution in [2.75, 3.05) is 6.26 Å². The van der Waals surface area contributed by atoms with Crippen LogP contribution in [0.25, 0.3) is 17.3 Å². The summed E-state index contributed by atoms with van der Waals surface area (Å²) < 4.78 is 25.5. The van der Waals surface area contributed by atoms with Gasteiger partial charge in [0.2, 0.25) is 0 Å². The molecule has 0 radical (unpaired) electrons. The van der Waals surface area contributed by atoms with Gasteiger partial charge in [-0.3, -0.25) is 4.68 Å². The van der Waals surface area contributed by atoms with Crippen molar-refractivity contribution >= 4 is 15.9 Å². The highest BCUT2D eigenvalue weighted by Crippen LogP contribution is 2.33. The van der Waals surface area contributed by atoms with Crippen LogP contribution in [0.4, 0.5) is 0 Å². The Morgan fingerprint density at radius 1 is 1.16 bits per heavy atom. The zero-order valence-corrected chi connectivity index (χ0v) is 15.8. The number of benzene rings is 1. The van der Waals surface area contributed by atoms with E-state index < -0.39 is 9.84 Å². The zero-order chi connectivity index (χ0) is 17.9. The first-order valence-electron chi connectivity index (χ1n) is 9.05. The molecule has 2 aromatic rings. The molecule has 1 heterocycles. The predicted molar refractivity (Wildman–Crippen MR) is 102 cm³/mol. The maximum absolute atomic E-state index is 11.7. The van der Waals surface area contributed by atoms with Crippen molar-refractivity contribution in [3.63, 3.8) is 0 Å². The Morgan fingerprint density at radius 3 is 2.44 bits per heavy atom.